The molecule has 122 valence electrons. The zero-order valence-corrected chi connectivity index (χ0v) is 13.9. The van der Waals surface area contributed by atoms with E-state index < -0.39 is 15.6 Å². The standard InChI is InChI=1S/C14H26N2O4S/c1-11-9-16(10-14(11,18)12-5-4-6-12)13(17)7-8-15(2)21(3,19)20/h11-12,18H,4-10H2,1-3H3/t11-,14+/m1/s1. The molecule has 7 heteroatoms. The molecule has 1 aliphatic heterocycles. The van der Waals surface area contributed by atoms with Crippen molar-refractivity contribution in [1.29, 1.82) is 0 Å². The van der Waals surface area contributed by atoms with Crippen molar-refractivity contribution in [3.63, 3.8) is 0 Å². The van der Waals surface area contributed by atoms with Crippen molar-refractivity contribution in [1.82, 2.24) is 9.21 Å². The number of carbonyl (C=O) groups is 1. The molecule has 1 saturated carbocycles. The molecule has 21 heavy (non-hydrogen) atoms. The Morgan fingerprint density at radius 1 is 1.43 bits per heavy atom. The third-order valence-corrected chi connectivity index (χ3v) is 6.48. The first kappa shape index (κ1) is 16.7. The Labute approximate surface area is 127 Å². The van der Waals surface area contributed by atoms with Gasteiger partial charge in [-0.05, 0) is 18.8 Å². The summed E-state index contributed by atoms with van der Waals surface area (Å²) in [6, 6.07) is 0. The fourth-order valence-corrected chi connectivity index (χ4v) is 3.64. The molecular formula is C14H26N2O4S. The molecule has 0 spiro atoms. The van der Waals surface area contributed by atoms with Crippen molar-refractivity contribution >= 4 is 15.9 Å². The van der Waals surface area contributed by atoms with Gasteiger partial charge < -0.3 is 10.0 Å². The molecule has 0 radical (unpaired) electrons. The second-order valence-corrected chi connectivity index (χ2v) is 8.72. The number of hydrogen-bond donors (Lipinski definition) is 1. The molecule has 6 nitrogen and oxygen atoms in total. The maximum Gasteiger partial charge on any atom is 0.224 e. The summed E-state index contributed by atoms with van der Waals surface area (Å²) in [6.45, 7) is 3.13. The van der Waals surface area contributed by atoms with Gasteiger partial charge in [-0.15, -0.1) is 0 Å². The van der Waals surface area contributed by atoms with Gasteiger partial charge >= 0.3 is 0 Å². The van der Waals surface area contributed by atoms with Gasteiger partial charge in [-0.3, -0.25) is 4.79 Å². The molecule has 2 aliphatic rings. The van der Waals surface area contributed by atoms with Gasteiger partial charge in [0.1, 0.15) is 0 Å². The average Bonchev–Trinajstić information content (AvgIpc) is 2.59. The molecule has 0 unspecified atom stereocenters. The van der Waals surface area contributed by atoms with Gasteiger partial charge in [0.2, 0.25) is 15.9 Å². The van der Waals surface area contributed by atoms with Gasteiger partial charge in [-0.2, -0.15) is 0 Å². The first-order chi connectivity index (χ1) is 9.64. The molecule has 0 aromatic heterocycles. The Kier molecular flexibility index (Phi) is 4.66. The summed E-state index contributed by atoms with van der Waals surface area (Å²) < 4.78 is 23.8. The second-order valence-electron chi connectivity index (χ2n) is 6.63. The highest BCUT2D eigenvalue weighted by molar-refractivity contribution is 7.88. The van der Waals surface area contributed by atoms with Gasteiger partial charge in [-0.1, -0.05) is 13.3 Å². The van der Waals surface area contributed by atoms with Crippen LogP contribution >= 0.6 is 0 Å². The van der Waals surface area contributed by atoms with E-state index in [1.165, 1.54) is 11.4 Å². The van der Waals surface area contributed by atoms with Crippen LogP contribution in [0.2, 0.25) is 0 Å². The van der Waals surface area contributed by atoms with Crippen molar-refractivity contribution in [2.24, 2.45) is 11.8 Å². The average molecular weight is 318 g/mol. The molecule has 0 bridgehead atoms. The van der Waals surface area contributed by atoms with E-state index in [1.807, 2.05) is 6.92 Å². The second kappa shape index (κ2) is 5.85. The van der Waals surface area contributed by atoms with E-state index in [2.05, 4.69) is 0 Å². The van der Waals surface area contributed by atoms with Crippen LogP contribution in [0.3, 0.4) is 0 Å². The first-order valence-electron chi connectivity index (χ1n) is 7.56. The Morgan fingerprint density at radius 2 is 2.05 bits per heavy atom. The van der Waals surface area contributed by atoms with Crippen molar-refractivity contribution < 1.29 is 18.3 Å². The predicted octanol–water partition coefficient (Wildman–Crippen LogP) is 0.277. The third kappa shape index (κ3) is 3.40. The predicted molar refractivity (Wildman–Crippen MR) is 80.1 cm³/mol. The molecule has 0 aromatic rings. The van der Waals surface area contributed by atoms with E-state index in [1.54, 1.807) is 4.90 Å². The lowest BCUT2D eigenvalue weighted by Crippen LogP contribution is -2.48. The largest absolute Gasteiger partial charge is 0.387 e. The summed E-state index contributed by atoms with van der Waals surface area (Å²) in [6.07, 6.45) is 4.54. The quantitative estimate of drug-likeness (QED) is 0.790. The highest BCUT2D eigenvalue weighted by Crippen LogP contribution is 2.44. The van der Waals surface area contributed by atoms with Crippen LogP contribution in [-0.2, 0) is 14.8 Å². The van der Waals surface area contributed by atoms with E-state index in [0.717, 1.165) is 25.5 Å². The lowest BCUT2D eigenvalue weighted by molar-refractivity contribution is -0.132. The van der Waals surface area contributed by atoms with E-state index in [0.29, 0.717) is 19.0 Å². The van der Waals surface area contributed by atoms with Crippen molar-refractivity contribution in [3.05, 3.63) is 0 Å². The van der Waals surface area contributed by atoms with Crippen LogP contribution < -0.4 is 0 Å². The number of hydrogen-bond acceptors (Lipinski definition) is 4. The maximum atomic E-state index is 12.2. The molecule has 2 fully saturated rings. The summed E-state index contributed by atoms with van der Waals surface area (Å²) in [4.78, 5) is 13.9. The smallest absolute Gasteiger partial charge is 0.224 e. The summed E-state index contributed by atoms with van der Waals surface area (Å²) in [5, 5.41) is 10.8. The highest BCUT2D eigenvalue weighted by atomic mass is 32.2. The topological polar surface area (TPSA) is 77.9 Å². The molecule has 1 amide bonds. The number of rotatable bonds is 5. The summed E-state index contributed by atoms with van der Waals surface area (Å²) >= 11 is 0. The van der Waals surface area contributed by atoms with Crippen LogP contribution in [-0.4, -0.2) is 67.2 Å². The van der Waals surface area contributed by atoms with Gasteiger partial charge in [0.15, 0.2) is 0 Å². The number of β-amino-alcohol motifs (C(OH)–C–C–N with tert-alkyl or cyclic N) is 1. The number of amides is 1. The Morgan fingerprint density at radius 3 is 2.52 bits per heavy atom. The Balaban J connectivity index is 1.90. The minimum Gasteiger partial charge on any atom is -0.387 e. The fraction of sp³-hybridized carbons (Fsp3) is 0.929. The molecule has 1 heterocycles. The maximum absolute atomic E-state index is 12.2. The first-order valence-corrected chi connectivity index (χ1v) is 9.41. The van der Waals surface area contributed by atoms with Crippen molar-refractivity contribution in [3.8, 4) is 0 Å². The van der Waals surface area contributed by atoms with Crippen LogP contribution in [0.5, 0.6) is 0 Å². The van der Waals surface area contributed by atoms with Crippen molar-refractivity contribution in [2.45, 2.75) is 38.2 Å². The van der Waals surface area contributed by atoms with Crippen LogP contribution in [0.25, 0.3) is 0 Å². The monoisotopic (exact) mass is 318 g/mol. The van der Waals surface area contributed by atoms with Crippen molar-refractivity contribution in [2.75, 3.05) is 32.9 Å². The van der Waals surface area contributed by atoms with E-state index in [9.17, 15) is 18.3 Å². The highest BCUT2D eigenvalue weighted by Gasteiger charge is 2.50. The number of sulfonamides is 1. The minimum atomic E-state index is -3.25. The van der Waals surface area contributed by atoms with E-state index >= 15 is 0 Å². The molecule has 2 rings (SSSR count). The summed E-state index contributed by atoms with van der Waals surface area (Å²) in [5.41, 5.74) is -0.753. The number of carbonyl (C=O) groups excluding carboxylic acids is 1. The van der Waals surface area contributed by atoms with Crippen LogP contribution in [0.4, 0.5) is 0 Å². The number of aliphatic hydroxyl groups is 1. The van der Waals surface area contributed by atoms with Gasteiger partial charge in [0.25, 0.3) is 0 Å². The Hall–Kier alpha value is -0.660. The zero-order valence-electron chi connectivity index (χ0n) is 13.1. The molecule has 1 saturated heterocycles. The molecular weight excluding hydrogens is 292 g/mol. The zero-order chi connectivity index (χ0) is 15.8. The van der Waals surface area contributed by atoms with Crippen LogP contribution in [0.1, 0.15) is 32.6 Å². The minimum absolute atomic E-state index is 0.0763. The number of likely N-dealkylation sites (tertiary alicyclic amines) is 1. The molecule has 1 aliphatic carbocycles. The lowest BCUT2D eigenvalue weighted by Gasteiger charge is -2.41. The third-order valence-electron chi connectivity index (χ3n) is 5.16. The van der Waals surface area contributed by atoms with E-state index in [-0.39, 0.29) is 24.8 Å². The van der Waals surface area contributed by atoms with Gasteiger partial charge in [0, 0.05) is 39.0 Å². The number of nitrogens with zero attached hydrogens (tertiary/aromatic N) is 2. The summed E-state index contributed by atoms with van der Waals surface area (Å²) in [7, 11) is -1.78. The van der Waals surface area contributed by atoms with Crippen LogP contribution in [0, 0.1) is 11.8 Å². The lowest BCUT2D eigenvalue weighted by atomic mass is 9.69. The summed E-state index contributed by atoms with van der Waals surface area (Å²) in [5.74, 6) is 0.316. The normalized spacial score (nSPS) is 30.7. The molecule has 0 aromatic carbocycles. The van der Waals surface area contributed by atoms with Crippen LogP contribution in [0.15, 0.2) is 0 Å². The van der Waals surface area contributed by atoms with E-state index in [4.69, 9.17) is 0 Å². The fourth-order valence-electron chi connectivity index (χ4n) is 3.22. The molecule has 1 N–H and O–H groups in total. The van der Waals surface area contributed by atoms with Gasteiger partial charge in [-0.25, -0.2) is 12.7 Å². The van der Waals surface area contributed by atoms with Gasteiger partial charge in [0.05, 0.1) is 11.9 Å². The molecule has 2 atom stereocenters. The Bertz CT molecular complexity index is 503. The SMILES string of the molecule is C[C@@H]1CN(C(=O)CCN(C)S(C)(=O)=O)C[C@@]1(O)C1CCC1.